The highest BCUT2D eigenvalue weighted by Gasteiger charge is 2.22. The van der Waals surface area contributed by atoms with Crippen LogP contribution >= 0.6 is 23.2 Å². The van der Waals surface area contributed by atoms with E-state index in [1.54, 1.807) is 55.5 Å². The Kier molecular flexibility index (Phi) is 6.86. The fraction of sp³-hybridized carbons (Fsp3) is 0.0800. The van der Waals surface area contributed by atoms with Crippen LogP contribution in [0, 0.1) is 0 Å². The van der Waals surface area contributed by atoms with E-state index in [1.807, 2.05) is 30.3 Å². The summed E-state index contributed by atoms with van der Waals surface area (Å²) in [5.41, 5.74) is 4.36. The number of rotatable bonds is 5. The molecule has 3 aromatic carbocycles. The molecule has 0 radical (unpaired) electrons. The van der Waals surface area contributed by atoms with Crippen molar-refractivity contribution in [2.45, 2.75) is 13.0 Å². The predicted molar refractivity (Wildman–Crippen MR) is 134 cm³/mol. The summed E-state index contributed by atoms with van der Waals surface area (Å²) in [4.78, 5) is 38.4. The highest BCUT2D eigenvalue weighted by atomic mass is 35.5. The second kappa shape index (κ2) is 9.99. The maximum atomic E-state index is 13.1. The zero-order chi connectivity index (χ0) is 24.2. The minimum absolute atomic E-state index is 0.0921. The van der Waals surface area contributed by atoms with Crippen LogP contribution in [0.25, 0.3) is 10.9 Å². The van der Waals surface area contributed by atoms with Crippen LogP contribution in [-0.2, 0) is 9.59 Å². The quantitative estimate of drug-likeness (QED) is 0.335. The molecule has 0 aliphatic carbocycles. The van der Waals surface area contributed by atoms with E-state index >= 15 is 0 Å². The molecule has 172 valence electrons. The lowest BCUT2D eigenvalue weighted by atomic mass is 10.1. The van der Waals surface area contributed by atoms with Gasteiger partial charge in [-0.1, -0.05) is 65.7 Å². The van der Waals surface area contributed by atoms with Crippen LogP contribution in [0.3, 0.4) is 0 Å². The van der Waals surface area contributed by atoms with E-state index in [-0.39, 0.29) is 11.7 Å². The monoisotopic (exact) mass is 494 g/mol. The van der Waals surface area contributed by atoms with Gasteiger partial charge in [-0.15, -0.1) is 0 Å². The topological polar surface area (TPSA) is 92.2 Å². The molecule has 34 heavy (non-hydrogen) atoms. The Morgan fingerprint density at radius 2 is 1.56 bits per heavy atom. The molecule has 0 bridgehead atoms. The first-order chi connectivity index (χ1) is 16.3. The van der Waals surface area contributed by atoms with Gasteiger partial charge in [0, 0.05) is 10.4 Å². The number of amides is 3. The Hall–Kier alpha value is -3.81. The maximum Gasteiger partial charge on any atom is 0.328 e. The van der Waals surface area contributed by atoms with Gasteiger partial charge in [-0.05, 0) is 48.9 Å². The smallest absolute Gasteiger partial charge is 0.328 e. The first kappa shape index (κ1) is 23.4. The molecule has 1 atom stereocenters. The number of halogens is 2. The van der Waals surface area contributed by atoms with E-state index in [2.05, 4.69) is 16.1 Å². The van der Waals surface area contributed by atoms with E-state index in [0.717, 1.165) is 5.56 Å². The van der Waals surface area contributed by atoms with Crippen molar-refractivity contribution in [3.63, 3.8) is 0 Å². The van der Waals surface area contributed by atoms with Gasteiger partial charge < -0.3 is 10.6 Å². The van der Waals surface area contributed by atoms with Crippen molar-refractivity contribution in [2.24, 2.45) is 0 Å². The second-order valence-electron chi connectivity index (χ2n) is 7.55. The van der Waals surface area contributed by atoms with Crippen LogP contribution in [-0.4, -0.2) is 22.4 Å². The fourth-order valence-corrected chi connectivity index (χ4v) is 3.83. The summed E-state index contributed by atoms with van der Waals surface area (Å²) in [5.74, 6) is -2.30. The second-order valence-corrected chi connectivity index (χ2v) is 8.39. The number of nitrogens with one attached hydrogen (secondary N) is 3. The largest absolute Gasteiger partial charge is 0.341 e. The Morgan fingerprint density at radius 3 is 2.29 bits per heavy atom. The predicted octanol–water partition coefficient (Wildman–Crippen LogP) is 5.15. The van der Waals surface area contributed by atoms with E-state index < -0.39 is 17.7 Å². The average Bonchev–Trinajstić information content (AvgIpc) is 3.18. The van der Waals surface area contributed by atoms with Gasteiger partial charge in [0.1, 0.15) is 5.69 Å². The minimum Gasteiger partial charge on any atom is -0.341 e. The van der Waals surface area contributed by atoms with E-state index in [0.29, 0.717) is 26.6 Å². The van der Waals surface area contributed by atoms with Gasteiger partial charge in [-0.25, -0.2) is 4.68 Å². The molecule has 0 fully saturated rings. The summed E-state index contributed by atoms with van der Waals surface area (Å²) >= 11 is 12.3. The third-order valence-electron chi connectivity index (χ3n) is 5.19. The number of hydrogen-bond donors (Lipinski definition) is 3. The molecule has 0 spiro atoms. The molecule has 9 heteroatoms. The van der Waals surface area contributed by atoms with Crippen LogP contribution in [0.5, 0.6) is 0 Å². The molecule has 1 aromatic heterocycles. The molecule has 4 aromatic rings. The van der Waals surface area contributed by atoms with Crippen molar-refractivity contribution in [1.29, 1.82) is 0 Å². The van der Waals surface area contributed by atoms with Gasteiger partial charge in [0.15, 0.2) is 0 Å². The molecule has 0 aliphatic rings. The van der Waals surface area contributed by atoms with Crippen molar-refractivity contribution in [2.75, 3.05) is 10.7 Å². The molecule has 4 rings (SSSR count). The Balaban J connectivity index is 1.60. The van der Waals surface area contributed by atoms with Crippen molar-refractivity contribution in [3.05, 3.63) is 100 Å². The summed E-state index contributed by atoms with van der Waals surface area (Å²) in [6.45, 7) is 1.77. The lowest BCUT2D eigenvalue weighted by Crippen LogP contribution is -2.40. The first-order valence-electron chi connectivity index (χ1n) is 10.4. The summed E-state index contributed by atoms with van der Waals surface area (Å²) in [6.07, 6.45) is 0. The lowest BCUT2D eigenvalue weighted by Gasteiger charge is -2.16. The summed E-state index contributed by atoms with van der Waals surface area (Å²) in [7, 11) is 0. The highest BCUT2D eigenvalue weighted by molar-refractivity contribution is 6.38. The number of benzene rings is 3. The zero-order valence-electron chi connectivity index (χ0n) is 18.0. The summed E-state index contributed by atoms with van der Waals surface area (Å²) in [6, 6.07) is 22.1. The van der Waals surface area contributed by atoms with Crippen molar-refractivity contribution >= 4 is 57.5 Å². The molecular formula is C25H20Cl2N4O3. The van der Waals surface area contributed by atoms with Gasteiger partial charge >= 0.3 is 11.8 Å². The number of para-hydroxylation sites is 1. The van der Waals surface area contributed by atoms with Gasteiger partial charge in [0.05, 0.1) is 22.3 Å². The number of hydrogen-bond acceptors (Lipinski definition) is 3. The average molecular weight is 495 g/mol. The van der Waals surface area contributed by atoms with E-state index in [1.165, 1.54) is 4.68 Å². The number of fused-ring (bicyclic) bond motifs is 1. The van der Waals surface area contributed by atoms with Crippen LogP contribution in [0.1, 0.15) is 29.0 Å². The SMILES string of the molecule is C[C@@H](NC(=O)C(=O)Nn1c(C(=O)Nc2ccccc2Cl)cc2cc(Cl)ccc21)c1ccccc1. The highest BCUT2D eigenvalue weighted by Crippen LogP contribution is 2.25. The van der Waals surface area contributed by atoms with E-state index in [9.17, 15) is 14.4 Å². The molecule has 7 nitrogen and oxygen atoms in total. The molecule has 0 aliphatic heterocycles. The molecule has 3 N–H and O–H groups in total. The number of carbonyl (C=O) groups excluding carboxylic acids is 3. The molecule has 0 unspecified atom stereocenters. The molecule has 0 saturated heterocycles. The maximum absolute atomic E-state index is 13.1. The third kappa shape index (κ3) is 5.06. The standard InChI is InChI=1S/C25H20Cl2N4O3/c1-15(16-7-3-2-4-8-16)28-24(33)25(34)30-31-21-12-11-18(26)13-17(21)14-22(31)23(32)29-20-10-6-5-9-19(20)27/h2-15H,1H3,(H,28,33)(H,29,32)(H,30,34)/t15-/m1/s1. The van der Waals surface area contributed by atoms with Crippen molar-refractivity contribution in [3.8, 4) is 0 Å². The van der Waals surface area contributed by atoms with E-state index in [4.69, 9.17) is 23.2 Å². The number of aromatic nitrogens is 1. The Morgan fingerprint density at radius 1 is 0.853 bits per heavy atom. The lowest BCUT2D eigenvalue weighted by molar-refractivity contribution is -0.137. The number of anilines is 1. The molecule has 1 heterocycles. The van der Waals surface area contributed by atoms with Gasteiger partial charge in [0.2, 0.25) is 0 Å². The van der Waals surface area contributed by atoms with Crippen LogP contribution < -0.4 is 16.1 Å². The Labute approximate surface area is 205 Å². The fourth-order valence-electron chi connectivity index (χ4n) is 3.46. The number of carbonyl (C=O) groups is 3. The van der Waals surface area contributed by atoms with Gasteiger partial charge in [-0.3, -0.25) is 19.8 Å². The van der Waals surface area contributed by atoms with Crippen molar-refractivity contribution < 1.29 is 14.4 Å². The van der Waals surface area contributed by atoms with Gasteiger partial charge in [-0.2, -0.15) is 0 Å². The van der Waals surface area contributed by atoms with Crippen molar-refractivity contribution in [1.82, 2.24) is 9.99 Å². The zero-order valence-corrected chi connectivity index (χ0v) is 19.5. The summed E-state index contributed by atoms with van der Waals surface area (Å²) < 4.78 is 1.26. The van der Waals surface area contributed by atoms with Crippen LogP contribution in [0.2, 0.25) is 10.0 Å². The normalized spacial score (nSPS) is 11.6. The molecular weight excluding hydrogens is 475 g/mol. The van der Waals surface area contributed by atoms with Crippen LogP contribution in [0.15, 0.2) is 78.9 Å². The third-order valence-corrected chi connectivity index (χ3v) is 5.75. The number of nitrogens with zero attached hydrogens (tertiary/aromatic N) is 1. The minimum atomic E-state index is -0.929. The summed E-state index contributed by atoms with van der Waals surface area (Å²) in [5, 5.41) is 6.81. The molecule has 0 saturated carbocycles. The van der Waals surface area contributed by atoms with Gasteiger partial charge in [0.25, 0.3) is 5.91 Å². The first-order valence-corrected chi connectivity index (χ1v) is 11.1. The Bertz CT molecular complexity index is 1390. The van der Waals surface area contributed by atoms with Crippen LogP contribution in [0.4, 0.5) is 5.69 Å². The molecule has 3 amide bonds.